The number of hydrogen-bond acceptors (Lipinski definition) is 6. The van der Waals surface area contributed by atoms with Crippen LogP contribution in [0.5, 0.6) is 0 Å². The van der Waals surface area contributed by atoms with E-state index in [9.17, 15) is 14.7 Å². The van der Waals surface area contributed by atoms with Gasteiger partial charge in [0.15, 0.2) is 0 Å². The Balaban J connectivity index is 2.15. The molecule has 1 aliphatic rings. The standard InChI is InChI=1S/C27H45N3O5/c1-26(2,3)34-24(32)28-22(17-20-13-9-7-10-14-20)23(31)19-30(18-21-15-11-8-12-16-21)29-25(33)35-27(4,5)6/h7,9-10,13-14,21-23,31H,8,11-12,15-19H2,1-6H3,(H,28,32)(H,29,33)/t22-,23-/m0/s1. The van der Waals surface area contributed by atoms with E-state index in [1.165, 1.54) is 19.3 Å². The van der Waals surface area contributed by atoms with Crippen LogP contribution in [0.1, 0.15) is 79.2 Å². The molecule has 0 heterocycles. The second-order valence-corrected chi connectivity index (χ2v) is 11.5. The number of nitrogens with one attached hydrogen (secondary N) is 2. The van der Waals surface area contributed by atoms with E-state index < -0.39 is 35.5 Å². The van der Waals surface area contributed by atoms with Crippen molar-refractivity contribution in [1.29, 1.82) is 0 Å². The summed E-state index contributed by atoms with van der Waals surface area (Å²) in [6.07, 6.45) is 4.08. The van der Waals surface area contributed by atoms with Gasteiger partial charge in [0.05, 0.1) is 12.1 Å². The predicted octanol–water partition coefficient (Wildman–Crippen LogP) is 4.81. The van der Waals surface area contributed by atoms with Crippen molar-refractivity contribution in [1.82, 2.24) is 15.8 Å². The predicted molar refractivity (Wildman–Crippen MR) is 137 cm³/mol. The molecule has 1 fully saturated rings. The first-order valence-corrected chi connectivity index (χ1v) is 12.8. The van der Waals surface area contributed by atoms with Gasteiger partial charge in [-0.1, -0.05) is 49.6 Å². The first-order chi connectivity index (χ1) is 16.3. The molecule has 0 aromatic heterocycles. The Morgan fingerprint density at radius 1 is 0.971 bits per heavy atom. The van der Waals surface area contributed by atoms with Gasteiger partial charge >= 0.3 is 12.2 Å². The number of hydrazine groups is 1. The normalized spacial score (nSPS) is 16.9. The Bertz CT molecular complexity index is 782. The van der Waals surface area contributed by atoms with Gasteiger partial charge in [0, 0.05) is 13.1 Å². The van der Waals surface area contributed by atoms with Crippen molar-refractivity contribution in [3.8, 4) is 0 Å². The minimum Gasteiger partial charge on any atom is -0.444 e. The average molecular weight is 492 g/mol. The third kappa shape index (κ3) is 12.3. The number of ether oxygens (including phenoxy) is 2. The number of alkyl carbamates (subject to hydrolysis) is 1. The van der Waals surface area contributed by atoms with Gasteiger partial charge in [0.1, 0.15) is 11.2 Å². The highest BCUT2D eigenvalue weighted by atomic mass is 16.6. The molecule has 198 valence electrons. The average Bonchev–Trinajstić information content (AvgIpc) is 2.72. The van der Waals surface area contributed by atoms with Crippen LogP contribution in [0.4, 0.5) is 9.59 Å². The highest BCUT2D eigenvalue weighted by Crippen LogP contribution is 2.24. The van der Waals surface area contributed by atoms with E-state index >= 15 is 0 Å². The molecule has 0 unspecified atom stereocenters. The molecule has 3 N–H and O–H groups in total. The molecule has 1 aromatic carbocycles. The van der Waals surface area contributed by atoms with E-state index in [0.29, 0.717) is 18.9 Å². The number of carbonyl (C=O) groups is 2. The molecule has 2 atom stereocenters. The second-order valence-electron chi connectivity index (χ2n) is 11.5. The number of amides is 2. The summed E-state index contributed by atoms with van der Waals surface area (Å²) in [5.74, 6) is 0.428. The van der Waals surface area contributed by atoms with Crippen LogP contribution in [-0.4, -0.2) is 58.7 Å². The fraction of sp³-hybridized carbons (Fsp3) is 0.704. The Kier molecular flexibility index (Phi) is 10.8. The van der Waals surface area contributed by atoms with Crippen LogP contribution in [0.2, 0.25) is 0 Å². The maximum atomic E-state index is 12.6. The zero-order valence-electron chi connectivity index (χ0n) is 22.3. The third-order valence-electron chi connectivity index (χ3n) is 5.72. The highest BCUT2D eigenvalue weighted by molar-refractivity contribution is 5.68. The minimum atomic E-state index is -0.957. The monoisotopic (exact) mass is 491 g/mol. The lowest BCUT2D eigenvalue weighted by molar-refractivity contribution is 0.00718. The van der Waals surface area contributed by atoms with Crippen molar-refractivity contribution in [3.05, 3.63) is 35.9 Å². The molecule has 1 saturated carbocycles. The summed E-state index contributed by atoms with van der Waals surface area (Å²) >= 11 is 0. The van der Waals surface area contributed by atoms with Gasteiger partial charge in [-0.15, -0.1) is 0 Å². The largest absolute Gasteiger partial charge is 0.444 e. The molecular weight excluding hydrogens is 446 g/mol. The van der Waals surface area contributed by atoms with Gasteiger partial charge in [0.2, 0.25) is 0 Å². The summed E-state index contributed by atoms with van der Waals surface area (Å²) < 4.78 is 10.9. The van der Waals surface area contributed by atoms with Crippen LogP contribution in [0, 0.1) is 5.92 Å². The summed E-state index contributed by atoms with van der Waals surface area (Å²) in [7, 11) is 0. The molecule has 2 rings (SSSR count). The molecule has 0 aliphatic heterocycles. The minimum absolute atomic E-state index is 0.142. The SMILES string of the molecule is CC(C)(C)OC(=O)N[C@@H](Cc1ccccc1)[C@@H](O)CN(CC1CCCCC1)NC(=O)OC(C)(C)C. The van der Waals surface area contributed by atoms with Crippen LogP contribution in [-0.2, 0) is 15.9 Å². The maximum absolute atomic E-state index is 12.6. The zero-order valence-corrected chi connectivity index (χ0v) is 22.3. The van der Waals surface area contributed by atoms with Crippen molar-refractivity contribution in [2.45, 2.75) is 103 Å². The Labute approximate surface area is 210 Å². The zero-order chi connectivity index (χ0) is 26.1. The molecule has 1 aromatic rings. The fourth-order valence-corrected chi connectivity index (χ4v) is 4.24. The maximum Gasteiger partial charge on any atom is 0.422 e. The quantitative estimate of drug-likeness (QED) is 0.429. The lowest BCUT2D eigenvalue weighted by Gasteiger charge is -2.34. The summed E-state index contributed by atoms with van der Waals surface area (Å²) in [6.45, 7) is 11.6. The van der Waals surface area contributed by atoms with Crippen molar-refractivity contribution in [3.63, 3.8) is 0 Å². The van der Waals surface area contributed by atoms with E-state index in [1.54, 1.807) is 25.8 Å². The van der Waals surface area contributed by atoms with Crippen LogP contribution in [0.25, 0.3) is 0 Å². The third-order valence-corrected chi connectivity index (χ3v) is 5.72. The molecule has 0 bridgehead atoms. The second kappa shape index (κ2) is 13.1. The number of hydrogen-bond donors (Lipinski definition) is 3. The number of aliphatic hydroxyl groups excluding tert-OH is 1. The lowest BCUT2D eigenvalue weighted by Crippen LogP contribution is -2.55. The molecule has 0 spiro atoms. The molecule has 0 saturated heterocycles. The van der Waals surface area contributed by atoms with Gasteiger partial charge in [-0.25, -0.2) is 14.6 Å². The van der Waals surface area contributed by atoms with Gasteiger partial charge < -0.3 is 19.9 Å². The van der Waals surface area contributed by atoms with Crippen molar-refractivity contribution in [2.75, 3.05) is 13.1 Å². The summed E-state index contributed by atoms with van der Waals surface area (Å²) in [6, 6.07) is 9.07. The highest BCUT2D eigenvalue weighted by Gasteiger charge is 2.29. The Morgan fingerprint density at radius 3 is 2.11 bits per heavy atom. The number of aliphatic hydroxyl groups is 1. The van der Waals surface area contributed by atoms with E-state index in [0.717, 1.165) is 18.4 Å². The van der Waals surface area contributed by atoms with Crippen molar-refractivity contribution < 1.29 is 24.2 Å². The van der Waals surface area contributed by atoms with E-state index in [2.05, 4.69) is 10.7 Å². The van der Waals surface area contributed by atoms with Gasteiger partial charge in [0.25, 0.3) is 0 Å². The Hall–Kier alpha value is -2.32. The lowest BCUT2D eigenvalue weighted by atomic mass is 9.89. The van der Waals surface area contributed by atoms with Gasteiger partial charge in [-0.05, 0) is 72.3 Å². The first-order valence-electron chi connectivity index (χ1n) is 12.8. The smallest absolute Gasteiger partial charge is 0.422 e. The number of benzene rings is 1. The van der Waals surface area contributed by atoms with E-state index in [4.69, 9.17) is 9.47 Å². The summed E-state index contributed by atoms with van der Waals surface area (Å²) in [5.41, 5.74) is 2.52. The topological polar surface area (TPSA) is 100 Å². The molecule has 0 radical (unpaired) electrons. The van der Waals surface area contributed by atoms with Gasteiger partial charge in [-0.2, -0.15) is 0 Å². The molecule has 1 aliphatic carbocycles. The van der Waals surface area contributed by atoms with Crippen molar-refractivity contribution in [2.24, 2.45) is 5.92 Å². The van der Waals surface area contributed by atoms with Crippen LogP contribution < -0.4 is 10.7 Å². The molecule has 2 amide bonds. The number of nitrogens with zero attached hydrogens (tertiary/aromatic N) is 1. The number of rotatable bonds is 9. The molecular formula is C27H45N3O5. The Morgan fingerprint density at radius 2 is 1.54 bits per heavy atom. The van der Waals surface area contributed by atoms with E-state index in [1.807, 2.05) is 51.1 Å². The van der Waals surface area contributed by atoms with Crippen LogP contribution >= 0.6 is 0 Å². The summed E-state index contributed by atoms with van der Waals surface area (Å²) in [4.78, 5) is 25.1. The van der Waals surface area contributed by atoms with E-state index in [-0.39, 0.29) is 6.54 Å². The first kappa shape index (κ1) is 28.9. The number of carbonyl (C=O) groups excluding carboxylic acids is 2. The molecule has 35 heavy (non-hydrogen) atoms. The molecule has 8 heteroatoms. The van der Waals surface area contributed by atoms with Crippen LogP contribution in [0.3, 0.4) is 0 Å². The molecule has 8 nitrogen and oxygen atoms in total. The summed E-state index contributed by atoms with van der Waals surface area (Å²) in [5, 5.41) is 15.8. The van der Waals surface area contributed by atoms with Crippen molar-refractivity contribution >= 4 is 12.2 Å². The van der Waals surface area contributed by atoms with Crippen LogP contribution in [0.15, 0.2) is 30.3 Å². The fourth-order valence-electron chi connectivity index (χ4n) is 4.24. The van der Waals surface area contributed by atoms with Gasteiger partial charge in [-0.3, -0.25) is 5.43 Å².